The third kappa shape index (κ3) is 2.47. The topological polar surface area (TPSA) is 86.7 Å². The number of aryl methyl sites for hydroxylation is 2. The van der Waals surface area contributed by atoms with Crippen LogP contribution < -0.4 is 5.73 Å². The van der Waals surface area contributed by atoms with Gasteiger partial charge in [-0.3, -0.25) is 0 Å². The molecule has 1 rings (SSSR count). The van der Waals surface area contributed by atoms with Gasteiger partial charge in [0.2, 0.25) is 0 Å². The van der Waals surface area contributed by atoms with Crippen LogP contribution in [0, 0.1) is 13.8 Å². The lowest BCUT2D eigenvalue weighted by molar-refractivity contribution is -0.0149. The minimum absolute atomic E-state index is 0.459. The first-order chi connectivity index (χ1) is 6.97. The van der Waals surface area contributed by atoms with Gasteiger partial charge in [0.25, 0.3) is 0 Å². The first kappa shape index (κ1) is 12.0. The Balaban J connectivity index is 3.13. The van der Waals surface area contributed by atoms with Crippen molar-refractivity contribution in [2.75, 3.05) is 12.3 Å². The molecule has 1 aromatic rings. The van der Waals surface area contributed by atoms with Crippen LogP contribution in [0.5, 0.6) is 0 Å². The van der Waals surface area contributed by atoms with Gasteiger partial charge in [-0.1, -0.05) is 17.7 Å². The number of nitrogens with two attached hydrogens (primary N) is 1. The van der Waals surface area contributed by atoms with E-state index in [1.54, 1.807) is 6.07 Å². The predicted molar refractivity (Wildman–Crippen MR) is 58.4 cm³/mol. The van der Waals surface area contributed by atoms with E-state index in [4.69, 9.17) is 10.8 Å². The molecular weight excluding hydrogens is 194 g/mol. The van der Waals surface area contributed by atoms with Crippen molar-refractivity contribution in [2.45, 2.75) is 26.1 Å². The van der Waals surface area contributed by atoms with Gasteiger partial charge in [0.05, 0.1) is 6.61 Å². The molecule has 0 bridgehead atoms. The lowest BCUT2D eigenvalue weighted by Gasteiger charge is -2.19. The van der Waals surface area contributed by atoms with Crippen LogP contribution in [0.2, 0.25) is 0 Å². The molecule has 0 fully saturated rings. The van der Waals surface area contributed by atoms with Crippen LogP contribution in [0.15, 0.2) is 12.1 Å². The van der Waals surface area contributed by atoms with Gasteiger partial charge in [-0.15, -0.1) is 0 Å². The second-order valence-electron chi connectivity index (χ2n) is 3.78. The van der Waals surface area contributed by atoms with E-state index >= 15 is 0 Å². The molecule has 2 unspecified atom stereocenters. The summed E-state index contributed by atoms with van der Waals surface area (Å²) < 4.78 is 0. The van der Waals surface area contributed by atoms with Crippen LogP contribution in [0.25, 0.3) is 0 Å². The first-order valence-electron chi connectivity index (χ1n) is 4.81. The van der Waals surface area contributed by atoms with E-state index in [0.717, 1.165) is 11.1 Å². The molecule has 2 atom stereocenters. The standard InChI is InChI=1S/C11H17NO3/c1-6-3-7(2)10(12)8(4-6)11(15)9(14)5-13/h3-4,9,11,13-15H,5,12H2,1-2H3. The van der Waals surface area contributed by atoms with Crippen molar-refractivity contribution in [1.82, 2.24) is 0 Å². The fraction of sp³-hybridized carbons (Fsp3) is 0.455. The molecule has 1 aromatic carbocycles. The van der Waals surface area contributed by atoms with Crippen LogP contribution in [0.1, 0.15) is 22.8 Å². The van der Waals surface area contributed by atoms with Crippen molar-refractivity contribution in [3.63, 3.8) is 0 Å². The molecule has 15 heavy (non-hydrogen) atoms. The summed E-state index contributed by atoms with van der Waals surface area (Å²) in [7, 11) is 0. The van der Waals surface area contributed by atoms with Crippen LogP contribution >= 0.6 is 0 Å². The van der Waals surface area contributed by atoms with Crippen molar-refractivity contribution in [3.05, 3.63) is 28.8 Å². The van der Waals surface area contributed by atoms with Crippen molar-refractivity contribution in [2.24, 2.45) is 0 Å². The molecule has 0 aromatic heterocycles. The van der Waals surface area contributed by atoms with Gasteiger partial charge >= 0.3 is 0 Å². The largest absolute Gasteiger partial charge is 0.398 e. The Labute approximate surface area is 89.0 Å². The van der Waals surface area contributed by atoms with E-state index in [2.05, 4.69) is 0 Å². The monoisotopic (exact) mass is 211 g/mol. The lowest BCUT2D eigenvalue weighted by Crippen LogP contribution is -2.23. The van der Waals surface area contributed by atoms with Gasteiger partial charge in [-0.2, -0.15) is 0 Å². The number of nitrogen functional groups attached to an aromatic ring is 1. The second kappa shape index (κ2) is 4.61. The number of anilines is 1. The van der Waals surface area contributed by atoms with Crippen molar-refractivity contribution >= 4 is 5.69 Å². The van der Waals surface area contributed by atoms with E-state index in [1.807, 2.05) is 19.9 Å². The van der Waals surface area contributed by atoms with Crippen molar-refractivity contribution < 1.29 is 15.3 Å². The van der Waals surface area contributed by atoms with E-state index in [9.17, 15) is 10.2 Å². The Bertz CT molecular complexity index is 352. The summed E-state index contributed by atoms with van der Waals surface area (Å²) in [5, 5.41) is 27.8. The third-order valence-electron chi connectivity index (χ3n) is 2.43. The summed E-state index contributed by atoms with van der Waals surface area (Å²) in [4.78, 5) is 0. The van der Waals surface area contributed by atoms with E-state index < -0.39 is 18.8 Å². The van der Waals surface area contributed by atoms with Gasteiger partial charge in [-0.25, -0.2) is 0 Å². The Morgan fingerprint density at radius 2 is 1.87 bits per heavy atom. The zero-order valence-electron chi connectivity index (χ0n) is 8.94. The summed E-state index contributed by atoms with van der Waals surface area (Å²) in [5.74, 6) is 0. The molecule has 0 radical (unpaired) electrons. The molecular formula is C11H17NO3. The van der Waals surface area contributed by atoms with E-state index in [0.29, 0.717) is 11.3 Å². The summed E-state index contributed by atoms with van der Waals surface area (Å²) >= 11 is 0. The molecule has 0 aliphatic heterocycles. The zero-order valence-corrected chi connectivity index (χ0v) is 8.94. The molecule has 0 saturated heterocycles. The highest BCUT2D eigenvalue weighted by Crippen LogP contribution is 2.27. The molecule has 4 heteroatoms. The molecule has 0 aliphatic rings. The maximum absolute atomic E-state index is 9.73. The summed E-state index contributed by atoms with van der Waals surface area (Å²) in [6.07, 6.45) is -2.35. The maximum Gasteiger partial charge on any atom is 0.109 e. The van der Waals surface area contributed by atoms with Gasteiger partial charge in [-0.05, 0) is 19.4 Å². The van der Waals surface area contributed by atoms with Gasteiger partial charge < -0.3 is 21.1 Å². The SMILES string of the molecule is Cc1cc(C)c(N)c(C(O)C(O)CO)c1. The number of aliphatic hydroxyl groups excluding tert-OH is 3. The first-order valence-corrected chi connectivity index (χ1v) is 4.81. The number of aliphatic hydroxyl groups is 3. The minimum Gasteiger partial charge on any atom is -0.398 e. The molecule has 0 spiro atoms. The Kier molecular flexibility index (Phi) is 3.68. The fourth-order valence-corrected chi connectivity index (χ4v) is 1.56. The normalized spacial score (nSPS) is 15.0. The molecule has 4 nitrogen and oxygen atoms in total. The Hall–Kier alpha value is -1.10. The maximum atomic E-state index is 9.73. The van der Waals surface area contributed by atoms with Gasteiger partial charge in [0.15, 0.2) is 0 Å². The minimum atomic E-state index is -1.20. The van der Waals surface area contributed by atoms with E-state index in [-0.39, 0.29) is 0 Å². The van der Waals surface area contributed by atoms with Crippen molar-refractivity contribution in [3.8, 4) is 0 Å². The van der Waals surface area contributed by atoms with E-state index in [1.165, 1.54) is 0 Å². The van der Waals surface area contributed by atoms with Crippen LogP contribution in [-0.4, -0.2) is 28.0 Å². The quantitative estimate of drug-likeness (QED) is 0.541. The van der Waals surface area contributed by atoms with Crippen LogP contribution in [0.4, 0.5) is 5.69 Å². The van der Waals surface area contributed by atoms with Gasteiger partial charge in [0.1, 0.15) is 12.2 Å². The summed E-state index contributed by atoms with van der Waals surface area (Å²) in [6, 6.07) is 3.61. The lowest BCUT2D eigenvalue weighted by atomic mass is 9.97. The zero-order chi connectivity index (χ0) is 11.6. The predicted octanol–water partition coefficient (Wildman–Crippen LogP) is 0.272. The highest BCUT2D eigenvalue weighted by molar-refractivity contribution is 5.56. The average Bonchev–Trinajstić information content (AvgIpc) is 2.21. The summed E-state index contributed by atoms with van der Waals surface area (Å²) in [5.41, 5.74) is 8.53. The highest BCUT2D eigenvalue weighted by atomic mass is 16.4. The number of rotatable bonds is 3. The second-order valence-corrected chi connectivity index (χ2v) is 3.78. The van der Waals surface area contributed by atoms with Gasteiger partial charge in [0, 0.05) is 11.3 Å². The smallest absolute Gasteiger partial charge is 0.109 e. The third-order valence-corrected chi connectivity index (χ3v) is 2.43. The highest BCUT2D eigenvalue weighted by Gasteiger charge is 2.20. The average molecular weight is 211 g/mol. The fourth-order valence-electron chi connectivity index (χ4n) is 1.56. The summed E-state index contributed by atoms with van der Waals surface area (Å²) in [6.45, 7) is 3.23. The van der Waals surface area contributed by atoms with Crippen molar-refractivity contribution in [1.29, 1.82) is 0 Å². The number of benzene rings is 1. The molecule has 0 saturated carbocycles. The molecule has 84 valence electrons. The molecule has 0 heterocycles. The Morgan fingerprint density at radius 1 is 1.27 bits per heavy atom. The molecule has 5 N–H and O–H groups in total. The Morgan fingerprint density at radius 3 is 2.40 bits per heavy atom. The molecule has 0 amide bonds. The number of hydrogen-bond donors (Lipinski definition) is 4. The van der Waals surface area contributed by atoms with Crippen LogP contribution in [0.3, 0.4) is 0 Å². The number of hydrogen-bond acceptors (Lipinski definition) is 4. The van der Waals surface area contributed by atoms with Crippen LogP contribution in [-0.2, 0) is 0 Å². The molecule has 0 aliphatic carbocycles.